The van der Waals surface area contributed by atoms with Gasteiger partial charge in [-0.05, 0) is 50.1 Å². The van der Waals surface area contributed by atoms with Crippen molar-refractivity contribution in [3.63, 3.8) is 0 Å². The molecule has 2 aliphatic carbocycles. The van der Waals surface area contributed by atoms with Crippen molar-refractivity contribution < 1.29 is 13.2 Å². The molecular weight excluding hydrogens is 282 g/mol. The Labute approximate surface area is 117 Å². The Morgan fingerprint density at radius 1 is 1.47 bits per heavy atom. The average molecular weight is 299 g/mol. The number of carbonyl (C=O) groups is 1. The predicted molar refractivity (Wildman–Crippen MR) is 74.6 cm³/mol. The number of amides is 1. The van der Waals surface area contributed by atoms with E-state index >= 15 is 0 Å². The van der Waals surface area contributed by atoms with Gasteiger partial charge in [0.2, 0.25) is 15.9 Å². The summed E-state index contributed by atoms with van der Waals surface area (Å²) in [7, 11) is -3.49. The fourth-order valence-corrected chi connectivity index (χ4v) is 4.73. The summed E-state index contributed by atoms with van der Waals surface area (Å²) in [5, 5.41) is 2.01. The molecule has 0 radical (unpaired) electrons. The van der Waals surface area contributed by atoms with Crippen molar-refractivity contribution in [1.82, 2.24) is 4.72 Å². The third-order valence-corrected chi connectivity index (χ3v) is 7.53. The number of sulfonamides is 1. The lowest BCUT2D eigenvalue weighted by atomic mass is 10.2. The Bertz CT molecular complexity index is 628. The smallest absolute Gasteiger partial charge is 0.240 e. The third kappa shape index (κ3) is 2.21. The lowest BCUT2D eigenvalue weighted by Crippen LogP contribution is -2.39. The number of rotatable bonds is 4. The zero-order valence-corrected chi connectivity index (χ0v) is 12.6. The van der Waals surface area contributed by atoms with Crippen LogP contribution in [-0.4, -0.2) is 19.1 Å². The lowest BCUT2D eigenvalue weighted by molar-refractivity contribution is -0.120. The van der Waals surface area contributed by atoms with Crippen molar-refractivity contribution in [2.24, 2.45) is 5.92 Å². The highest BCUT2D eigenvalue weighted by atomic mass is 32.2. The number of carbonyl (C=O) groups excluding carboxylic acids is 1. The summed E-state index contributed by atoms with van der Waals surface area (Å²) in [5.41, 5.74) is 1.20. The first-order chi connectivity index (χ1) is 8.84. The molecule has 1 N–H and O–H groups in total. The van der Waals surface area contributed by atoms with E-state index in [4.69, 9.17) is 0 Å². The summed E-state index contributed by atoms with van der Waals surface area (Å²) in [5.74, 6) is -0.289. The first-order valence-corrected chi connectivity index (χ1v) is 8.80. The second-order valence-corrected chi connectivity index (χ2v) is 8.98. The lowest BCUT2D eigenvalue weighted by Gasteiger charge is -2.11. The number of thiophene rings is 1. The second kappa shape index (κ2) is 4.06. The van der Waals surface area contributed by atoms with Gasteiger partial charge in [-0.3, -0.25) is 9.52 Å². The van der Waals surface area contributed by atoms with Gasteiger partial charge in [0, 0.05) is 16.7 Å². The van der Waals surface area contributed by atoms with Gasteiger partial charge in [-0.15, -0.1) is 11.3 Å². The van der Waals surface area contributed by atoms with Crippen LogP contribution in [0.3, 0.4) is 0 Å². The van der Waals surface area contributed by atoms with E-state index in [2.05, 4.69) is 4.72 Å². The first kappa shape index (κ1) is 13.1. The second-order valence-electron chi connectivity index (χ2n) is 5.84. The summed E-state index contributed by atoms with van der Waals surface area (Å²) >= 11 is 1.65. The van der Waals surface area contributed by atoms with Gasteiger partial charge in [-0.2, -0.15) is 0 Å². The third-order valence-electron chi connectivity index (χ3n) is 4.20. The molecule has 1 aromatic rings. The molecule has 1 aromatic heterocycles. The molecule has 0 bridgehead atoms. The van der Waals surface area contributed by atoms with Crippen molar-refractivity contribution in [2.45, 2.75) is 43.8 Å². The zero-order chi connectivity index (χ0) is 13.8. The van der Waals surface area contributed by atoms with Gasteiger partial charge < -0.3 is 0 Å². The molecule has 0 spiro atoms. The highest BCUT2D eigenvalue weighted by Crippen LogP contribution is 2.51. The molecule has 4 nitrogen and oxygen atoms in total. The SMILES string of the molecule is Cc1ccsc1C1CC1C(=O)NS(=O)(=O)C1(C)CC1. The Hall–Kier alpha value is -0.880. The van der Waals surface area contributed by atoms with Gasteiger partial charge in [-0.1, -0.05) is 0 Å². The standard InChI is InChI=1S/C13H17NO3S2/c1-8-3-6-18-11(8)9-7-10(9)12(15)14-19(16,17)13(2)4-5-13/h3,6,9-10H,4-5,7H2,1-2H3,(H,14,15). The molecule has 1 heterocycles. The van der Waals surface area contributed by atoms with Gasteiger partial charge in [0.25, 0.3) is 0 Å². The molecule has 6 heteroatoms. The monoisotopic (exact) mass is 299 g/mol. The van der Waals surface area contributed by atoms with Gasteiger partial charge in [0.05, 0.1) is 4.75 Å². The van der Waals surface area contributed by atoms with E-state index in [1.54, 1.807) is 18.3 Å². The van der Waals surface area contributed by atoms with Crippen molar-refractivity contribution in [1.29, 1.82) is 0 Å². The van der Waals surface area contributed by atoms with E-state index < -0.39 is 14.8 Å². The van der Waals surface area contributed by atoms with E-state index in [0.717, 1.165) is 6.42 Å². The van der Waals surface area contributed by atoms with Crippen LogP contribution in [-0.2, 0) is 14.8 Å². The van der Waals surface area contributed by atoms with Crippen LogP contribution in [0, 0.1) is 12.8 Å². The molecular formula is C13H17NO3S2. The molecule has 1 amide bonds. The molecule has 2 unspecified atom stereocenters. The van der Waals surface area contributed by atoms with Crippen LogP contribution in [0.2, 0.25) is 0 Å². The zero-order valence-electron chi connectivity index (χ0n) is 11.0. The van der Waals surface area contributed by atoms with Gasteiger partial charge >= 0.3 is 0 Å². The highest BCUT2D eigenvalue weighted by Gasteiger charge is 2.53. The number of aryl methyl sites for hydroxylation is 1. The molecule has 2 fully saturated rings. The number of hydrogen-bond donors (Lipinski definition) is 1. The number of hydrogen-bond acceptors (Lipinski definition) is 4. The summed E-state index contributed by atoms with van der Waals surface area (Å²) in [4.78, 5) is 13.2. The van der Waals surface area contributed by atoms with Crippen LogP contribution in [0.15, 0.2) is 11.4 Å². The Balaban J connectivity index is 1.66. The van der Waals surface area contributed by atoms with E-state index in [0.29, 0.717) is 12.8 Å². The fourth-order valence-electron chi connectivity index (χ4n) is 2.31. The fraction of sp³-hybridized carbons (Fsp3) is 0.615. The molecule has 2 saturated carbocycles. The van der Waals surface area contributed by atoms with Gasteiger partial charge in [0.15, 0.2) is 0 Å². The summed E-state index contributed by atoms with van der Waals surface area (Å²) < 4.78 is 25.5. The average Bonchev–Trinajstić information content (AvgIpc) is 3.21. The van der Waals surface area contributed by atoms with Crippen LogP contribution in [0.25, 0.3) is 0 Å². The number of nitrogens with one attached hydrogen (secondary N) is 1. The Morgan fingerprint density at radius 2 is 2.16 bits per heavy atom. The molecule has 2 aliphatic rings. The van der Waals surface area contributed by atoms with Crippen LogP contribution in [0.4, 0.5) is 0 Å². The summed E-state index contributed by atoms with van der Waals surface area (Å²) in [6.45, 7) is 3.72. The Morgan fingerprint density at radius 3 is 2.68 bits per heavy atom. The largest absolute Gasteiger partial charge is 0.274 e. The van der Waals surface area contributed by atoms with Crippen molar-refractivity contribution in [3.05, 3.63) is 21.9 Å². The topological polar surface area (TPSA) is 63.2 Å². The minimum Gasteiger partial charge on any atom is -0.274 e. The molecule has 0 aromatic carbocycles. The van der Waals surface area contributed by atoms with Crippen LogP contribution >= 0.6 is 11.3 Å². The van der Waals surface area contributed by atoms with E-state index in [1.807, 2.05) is 18.4 Å². The molecule has 104 valence electrons. The molecule has 19 heavy (non-hydrogen) atoms. The maximum absolute atomic E-state index is 12.0. The van der Waals surface area contributed by atoms with E-state index in [1.165, 1.54) is 10.4 Å². The normalized spacial score (nSPS) is 27.9. The highest BCUT2D eigenvalue weighted by molar-refractivity contribution is 7.91. The van der Waals surface area contributed by atoms with Crippen molar-refractivity contribution in [3.8, 4) is 0 Å². The maximum Gasteiger partial charge on any atom is 0.240 e. The van der Waals surface area contributed by atoms with Crippen molar-refractivity contribution in [2.75, 3.05) is 0 Å². The maximum atomic E-state index is 12.0. The molecule has 3 rings (SSSR count). The molecule has 0 saturated heterocycles. The summed E-state index contributed by atoms with van der Waals surface area (Å²) in [6.07, 6.45) is 2.06. The van der Waals surface area contributed by atoms with E-state index in [9.17, 15) is 13.2 Å². The van der Waals surface area contributed by atoms with Crippen LogP contribution in [0.5, 0.6) is 0 Å². The molecule has 0 aliphatic heterocycles. The van der Waals surface area contributed by atoms with Gasteiger partial charge in [-0.25, -0.2) is 8.42 Å². The van der Waals surface area contributed by atoms with E-state index in [-0.39, 0.29) is 17.7 Å². The minimum atomic E-state index is -3.49. The summed E-state index contributed by atoms with van der Waals surface area (Å²) in [6, 6.07) is 2.04. The molecule has 2 atom stereocenters. The van der Waals surface area contributed by atoms with Crippen LogP contribution in [0.1, 0.15) is 42.5 Å². The quantitative estimate of drug-likeness (QED) is 0.926. The Kier molecular flexibility index (Phi) is 2.80. The first-order valence-electron chi connectivity index (χ1n) is 6.44. The predicted octanol–water partition coefficient (Wildman–Crippen LogP) is 2.16. The van der Waals surface area contributed by atoms with Gasteiger partial charge in [0.1, 0.15) is 0 Å². The van der Waals surface area contributed by atoms with Crippen molar-refractivity contribution >= 4 is 27.3 Å². The minimum absolute atomic E-state index is 0.172. The van der Waals surface area contributed by atoms with Crippen LogP contribution < -0.4 is 4.72 Å².